The predicted octanol–water partition coefficient (Wildman–Crippen LogP) is 0.248. The van der Waals surface area contributed by atoms with Crippen molar-refractivity contribution < 1.29 is 24.9 Å². The Balaban J connectivity index is 0.000000239. The zero-order chi connectivity index (χ0) is 16.4. The summed E-state index contributed by atoms with van der Waals surface area (Å²) in [5.41, 5.74) is 0. The molecule has 0 aromatic heterocycles. The summed E-state index contributed by atoms with van der Waals surface area (Å²) in [6.45, 7) is 0. The van der Waals surface area contributed by atoms with Gasteiger partial charge in [0.05, 0.1) is 6.42 Å². The van der Waals surface area contributed by atoms with Crippen molar-refractivity contribution >= 4 is 40.2 Å². The molecule has 0 saturated heterocycles. The van der Waals surface area contributed by atoms with Gasteiger partial charge >= 0.3 is 101 Å². The van der Waals surface area contributed by atoms with Gasteiger partial charge in [-0.05, 0) is 0 Å². The minimum atomic E-state index is -1.79. The third kappa shape index (κ3) is 7.80. The molecule has 3 N–H and O–H groups in total. The van der Waals surface area contributed by atoms with E-state index < -0.39 is 45.6 Å². The summed E-state index contributed by atoms with van der Waals surface area (Å²) < 4.78 is 3.08. The second-order valence-corrected chi connectivity index (χ2v) is 8.32. The Morgan fingerprint density at radius 3 is 1.55 bits per heavy atom. The zero-order valence-electron chi connectivity index (χ0n) is 11.7. The normalized spacial score (nSPS) is 11.0. The molecule has 2 aromatic carbocycles. The molecular weight excluding hydrogens is 391 g/mol. The quantitative estimate of drug-likeness (QED) is 0.618. The van der Waals surface area contributed by atoms with Crippen LogP contribution >= 0.6 is 0 Å². The van der Waals surface area contributed by atoms with E-state index in [0.29, 0.717) is 0 Å². The zero-order valence-corrected chi connectivity index (χ0v) is 14.6. The maximum atomic E-state index is 9.72. The van der Waals surface area contributed by atoms with Crippen LogP contribution in [0.4, 0.5) is 0 Å². The van der Waals surface area contributed by atoms with E-state index in [-0.39, 0.29) is 0 Å². The predicted molar refractivity (Wildman–Crippen MR) is 83.8 cm³/mol. The third-order valence-corrected chi connectivity index (χ3v) is 6.04. The number of benzene rings is 2. The number of rotatable bonds is 5. The van der Waals surface area contributed by atoms with Crippen LogP contribution in [0.2, 0.25) is 0 Å². The number of hydrogen-bond acceptors (Lipinski definition) is 3. The molecule has 0 amide bonds. The molecule has 2 radical (unpaired) electrons. The van der Waals surface area contributed by atoms with Crippen molar-refractivity contribution in [2.45, 2.75) is 12.5 Å². The Labute approximate surface area is 138 Å². The summed E-state index contributed by atoms with van der Waals surface area (Å²) in [5.74, 6) is -2.85. The minimum absolute atomic E-state index is 0.517. The van der Waals surface area contributed by atoms with Crippen molar-refractivity contribution in [2.24, 2.45) is 0 Å². The van der Waals surface area contributed by atoms with E-state index in [9.17, 15) is 9.59 Å². The molecule has 5 nitrogen and oxygen atoms in total. The number of aliphatic carboxylic acids is 2. The van der Waals surface area contributed by atoms with Gasteiger partial charge in [0.15, 0.2) is 6.10 Å². The standard InChI is InChI=1S/2C6H5.C4H6O5.Sn/c2*1-2-4-6-5-3-1;5-2(4(8)9)1-3(6)7;/h2*1-5H;2,5H,1H2,(H,6,7)(H,8,9);. The van der Waals surface area contributed by atoms with Gasteiger partial charge < -0.3 is 15.3 Å². The van der Waals surface area contributed by atoms with E-state index in [1.807, 2.05) is 0 Å². The van der Waals surface area contributed by atoms with Crippen molar-refractivity contribution in [3.8, 4) is 0 Å². The third-order valence-electron chi connectivity index (χ3n) is 2.49. The first-order valence-corrected chi connectivity index (χ1v) is 9.34. The van der Waals surface area contributed by atoms with Crippen LogP contribution in [0.1, 0.15) is 6.42 Å². The fourth-order valence-corrected chi connectivity index (χ4v) is 4.46. The van der Waals surface area contributed by atoms with E-state index in [1.165, 1.54) is 7.16 Å². The number of aliphatic hydroxyl groups excluding tert-OH is 1. The van der Waals surface area contributed by atoms with Crippen LogP contribution in [-0.2, 0) is 9.59 Å². The van der Waals surface area contributed by atoms with Gasteiger partial charge in [-0.1, -0.05) is 0 Å². The first-order valence-electron chi connectivity index (χ1n) is 6.49. The van der Waals surface area contributed by atoms with Gasteiger partial charge in [-0.2, -0.15) is 0 Å². The Bertz CT molecular complexity index is 548. The molecule has 0 bridgehead atoms. The van der Waals surface area contributed by atoms with Crippen molar-refractivity contribution in [3.63, 3.8) is 0 Å². The van der Waals surface area contributed by atoms with Crippen molar-refractivity contribution in [1.29, 1.82) is 0 Å². The van der Waals surface area contributed by atoms with Crippen LogP contribution in [-0.4, -0.2) is 54.5 Å². The molecule has 1 atom stereocenters. The number of carboxylic acids is 2. The SMILES string of the molecule is O=C(O)CC(O)C(=O)O.c1cc[c]([Sn][c]2ccccc2)cc1. The van der Waals surface area contributed by atoms with Crippen LogP contribution in [0.15, 0.2) is 60.7 Å². The Hall–Kier alpha value is -1.86. The summed E-state index contributed by atoms with van der Waals surface area (Å²) in [5, 5.41) is 24.1. The van der Waals surface area contributed by atoms with Gasteiger partial charge in [-0.25, -0.2) is 4.79 Å². The van der Waals surface area contributed by atoms with Crippen LogP contribution in [0.5, 0.6) is 0 Å². The second-order valence-electron chi connectivity index (χ2n) is 4.31. The molecular formula is C16H16O5Sn. The van der Waals surface area contributed by atoms with Gasteiger partial charge in [-0.15, -0.1) is 0 Å². The van der Waals surface area contributed by atoms with E-state index >= 15 is 0 Å². The monoisotopic (exact) mass is 408 g/mol. The summed E-state index contributed by atoms with van der Waals surface area (Å²) in [7, 11) is 0. The van der Waals surface area contributed by atoms with Gasteiger partial charge in [-0.3, -0.25) is 4.79 Å². The second kappa shape index (κ2) is 9.96. The molecule has 0 saturated carbocycles. The number of carboxylic acid groups (broad SMARTS) is 2. The van der Waals surface area contributed by atoms with Crippen LogP contribution in [0.3, 0.4) is 0 Å². The average molecular weight is 407 g/mol. The molecule has 0 aliphatic rings. The Morgan fingerprint density at radius 2 is 1.27 bits per heavy atom. The first-order chi connectivity index (χ1) is 10.5. The maximum absolute atomic E-state index is 9.72. The Kier molecular flexibility index (Phi) is 8.24. The molecule has 2 aromatic rings. The molecule has 0 spiro atoms. The van der Waals surface area contributed by atoms with Crippen LogP contribution in [0, 0.1) is 0 Å². The van der Waals surface area contributed by atoms with Crippen molar-refractivity contribution in [3.05, 3.63) is 60.7 Å². The molecule has 22 heavy (non-hydrogen) atoms. The van der Waals surface area contributed by atoms with E-state index in [0.717, 1.165) is 0 Å². The summed E-state index contributed by atoms with van der Waals surface area (Å²) in [6.07, 6.45) is -2.54. The van der Waals surface area contributed by atoms with Gasteiger partial charge in [0.1, 0.15) is 0 Å². The van der Waals surface area contributed by atoms with Gasteiger partial charge in [0, 0.05) is 0 Å². The number of hydrogen-bond donors (Lipinski definition) is 3. The Morgan fingerprint density at radius 1 is 0.864 bits per heavy atom. The van der Waals surface area contributed by atoms with Gasteiger partial charge in [0.25, 0.3) is 0 Å². The summed E-state index contributed by atoms with van der Waals surface area (Å²) in [6, 6.07) is 21.6. The van der Waals surface area contributed by atoms with Gasteiger partial charge in [0.2, 0.25) is 0 Å². The van der Waals surface area contributed by atoms with E-state index in [1.54, 1.807) is 0 Å². The molecule has 1 unspecified atom stereocenters. The van der Waals surface area contributed by atoms with E-state index in [2.05, 4.69) is 60.7 Å². The fourth-order valence-electron chi connectivity index (χ4n) is 1.46. The molecule has 2 rings (SSSR count). The number of aliphatic hydroxyl groups is 1. The van der Waals surface area contributed by atoms with E-state index in [4.69, 9.17) is 15.3 Å². The molecule has 0 heterocycles. The fraction of sp³-hybridized carbons (Fsp3) is 0.125. The van der Waals surface area contributed by atoms with Crippen LogP contribution in [0.25, 0.3) is 0 Å². The molecule has 114 valence electrons. The molecule has 0 aliphatic heterocycles. The summed E-state index contributed by atoms with van der Waals surface area (Å²) in [4.78, 5) is 19.4. The summed E-state index contributed by atoms with van der Waals surface area (Å²) >= 11 is -0.517. The molecule has 6 heteroatoms. The molecule has 0 fully saturated rings. The average Bonchev–Trinajstić information content (AvgIpc) is 2.49. The molecule has 0 aliphatic carbocycles. The van der Waals surface area contributed by atoms with Crippen molar-refractivity contribution in [2.75, 3.05) is 0 Å². The number of carbonyl (C=O) groups is 2. The van der Waals surface area contributed by atoms with Crippen LogP contribution < -0.4 is 7.16 Å². The van der Waals surface area contributed by atoms with Crippen molar-refractivity contribution in [1.82, 2.24) is 0 Å². The first kappa shape index (κ1) is 18.2. The topological polar surface area (TPSA) is 94.8 Å².